The first kappa shape index (κ1) is 22.3. The number of hydrogen-bond acceptors (Lipinski definition) is 6. The van der Waals surface area contributed by atoms with Crippen molar-refractivity contribution in [3.05, 3.63) is 71.1 Å². The van der Waals surface area contributed by atoms with Crippen LogP contribution >= 0.6 is 12.2 Å². The third-order valence-electron chi connectivity index (χ3n) is 4.85. The van der Waals surface area contributed by atoms with Gasteiger partial charge in [0.15, 0.2) is 10.6 Å². The first-order valence-corrected chi connectivity index (χ1v) is 10.3. The molecule has 2 heterocycles. The van der Waals surface area contributed by atoms with Gasteiger partial charge in [-0.15, -0.1) is 6.58 Å². The molecule has 1 N–H and O–H groups in total. The number of imidazole rings is 1. The molecule has 0 bridgehead atoms. The molecule has 3 rings (SSSR count). The number of carbonyl (C=O) groups excluding carboxylic acids is 1. The summed E-state index contributed by atoms with van der Waals surface area (Å²) >= 11 is 5.62. The summed E-state index contributed by atoms with van der Waals surface area (Å²) in [4.78, 5) is 17.3. The number of ether oxygens (including phenoxy) is 2. The highest BCUT2D eigenvalue weighted by Gasteiger charge is 2.18. The Hall–Kier alpha value is -3.39. The highest BCUT2D eigenvalue weighted by atomic mass is 32.1. The molecule has 0 fully saturated rings. The van der Waals surface area contributed by atoms with E-state index in [2.05, 4.69) is 35.9 Å². The first-order chi connectivity index (χ1) is 15.0. The van der Waals surface area contributed by atoms with Crippen LogP contribution in [0.2, 0.25) is 0 Å². The van der Waals surface area contributed by atoms with Gasteiger partial charge in [-0.25, -0.2) is 0 Å². The lowest BCUT2D eigenvalue weighted by molar-refractivity contribution is 0.0968. The lowest BCUT2D eigenvalue weighted by atomic mass is 10.1. The van der Waals surface area contributed by atoms with E-state index in [1.807, 2.05) is 22.9 Å². The summed E-state index contributed by atoms with van der Waals surface area (Å²) in [6.07, 6.45) is 4.62. The summed E-state index contributed by atoms with van der Waals surface area (Å²) in [5.74, 6) is 1.12. The zero-order valence-corrected chi connectivity index (χ0v) is 18.7. The number of carbonyl (C=O) groups is 1. The molecule has 2 aromatic heterocycles. The van der Waals surface area contributed by atoms with Gasteiger partial charge in [-0.1, -0.05) is 25.1 Å². The van der Waals surface area contributed by atoms with Gasteiger partial charge < -0.3 is 19.4 Å². The summed E-state index contributed by atoms with van der Waals surface area (Å²) in [6, 6.07) is 11.4. The maximum atomic E-state index is 13.1. The van der Waals surface area contributed by atoms with Crippen LogP contribution in [0, 0.1) is 4.77 Å². The number of nitrogens with zero attached hydrogens (tertiary/aromatic N) is 3. The number of hydrogen-bond donors (Lipinski definition) is 1. The van der Waals surface area contributed by atoms with Crippen molar-refractivity contribution >= 4 is 29.5 Å². The van der Waals surface area contributed by atoms with E-state index in [0.29, 0.717) is 28.6 Å². The molecule has 0 unspecified atom stereocenters. The second-order valence-electron chi connectivity index (χ2n) is 6.83. The van der Waals surface area contributed by atoms with Crippen molar-refractivity contribution in [1.29, 1.82) is 0 Å². The highest BCUT2D eigenvalue weighted by molar-refractivity contribution is 7.71. The molecule has 0 spiro atoms. The molecule has 7 nitrogen and oxygen atoms in total. The minimum atomic E-state index is -0.177. The Morgan fingerprint density at radius 3 is 2.55 bits per heavy atom. The van der Waals surface area contributed by atoms with Crippen LogP contribution in [0.25, 0.3) is 0 Å². The number of aromatic nitrogens is 3. The van der Waals surface area contributed by atoms with Crippen molar-refractivity contribution < 1.29 is 14.3 Å². The lowest BCUT2D eigenvalue weighted by Crippen LogP contribution is -2.14. The van der Waals surface area contributed by atoms with Gasteiger partial charge in [-0.05, 0) is 42.4 Å². The Labute approximate surface area is 187 Å². The van der Waals surface area contributed by atoms with E-state index in [1.54, 1.807) is 22.8 Å². The predicted octanol–water partition coefficient (Wildman–Crippen LogP) is 4.81. The molecule has 0 aliphatic rings. The Bertz CT molecular complexity index is 1130. The van der Waals surface area contributed by atoms with Crippen LogP contribution < -0.4 is 14.8 Å². The fourth-order valence-corrected chi connectivity index (χ4v) is 3.45. The van der Waals surface area contributed by atoms with Crippen molar-refractivity contribution in [2.45, 2.75) is 26.4 Å². The average molecular weight is 439 g/mol. The van der Waals surface area contributed by atoms with E-state index < -0.39 is 0 Å². The largest absolute Gasteiger partial charge is 0.481 e. The smallest absolute Gasteiger partial charge is 0.227 e. The van der Waals surface area contributed by atoms with E-state index in [9.17, 15) is 4.79 Å². The van der Waals surface area contributed by atoms with Crippen LogP contribution in [-0.4, -0.2) is 34.1 Å². The molecule has 0 saturated heterocycles. The highest BCUT2D eigenvalue weighted by Crippen LogP contribution is 2.24. The fourth-order valence-electron chi connectivity index (χ4n) is 3.16. The summed E-state index contributed by atoms with van der Waals surface area (Å²) in [7, 11) is 2.98. The maximum absolute atomic E-state index is 13.1. The fraction of sp³-hybridized carbons (Fsp3) is 0.261. The van der Waals surface area contributed by atoms with Crippen LogP contribution in [0.4, 0.5) is 11.5 Å². The summed E-state index contributed by atoms with van der Waals surface area (Å²) in [5, 5.41) is 3.37. The molecule has 3 aromatic rings. The number of methoxy groups -OCH3 is 2. The second kappa shape index (κ2) is 10.1. The van der Waals surface area contributed by atoms with Crippen LogP contribution in [0.5, 0.6) is 11.8 Å². The standard InChI is InChI=1S/C23H26N4O3S/c1-5-13-26-15-20(24-17-9-7-16(6-2)8-10-17)27(23(26)31)14-19(28)18-11-12-21(29-3)25-22(18)30-4/h5,7-12,15,24H,1,6,13-14H2,2-4H3. The molecule has 0 radical (unpaired) electrons. The van der Waals surface area contributed by atoms with E-state index in [0.717, 1.165) is 12.1 Å². The van der Waals surface area contributed by atoms with Crippen molar-refractivity contribution in [3.63, 3.8) is 0 Å². The summed E-state index contributed by atoms with van der Waals surface area (Å²) in [5.41, 5.74) is 2.52. The third-order valence-corrected chi connectivity index (χ3v) is 5.30. The Morgan fingerprint density at radius 2 is 1.94 bits per heavy atom. The van der Waals surface area contributed by atoms with Crippen molar-refractivity contribution in [2.75, 3.05) is 19.5 Å². The number of anilines is 2. The molecular weight excluding hydrogens is 412 g/mol. The predicted molar refractivity (Wildman–Crippen MR) is 124 cm³/mol. The first-order valence-electron chi connectivity index (χ1n) is 9.89. The van der Waals surface area contributed by atoms with Crippen LogP contribution in [0.15, 0.2) is 55.3 Å². The molecule has 0 aliphatic heterocycles. The van der Waals surface area contributed by atoms with Gasteiger partial charge in [0.05, 0.1) is 26.3 Å². The van der Waals surface area contributed by atoms with Crippen LogP contribution in [0.1, 0.15) is 22.8 Å². The van der Waals surface area contributed by atoms with Gasteiger partial charge in [0.2, 0.25) is 11.8 Å². The molecule has 8 heteroatoms. The summed E-state index contributed by atoms with van der Waals surface area (Å²) < 4.78 is 14.5. The normalized spacial score (nSPS) is 10.5. The van der Waals surface area contributed by atoms with E-state index in [1.165, 1.54) is 19.8 Å². The number of nitrogens with one attached hydrogen (secondary N) is 1. The number of rotatable bonds is 10. The summed E-state index contributed by atoms with van der Waals surface area (Å²) in [6.45, 7) is 6.47. The second-order valence-corrected chi connectivity index (χ2v) is 7.20. The number of aryl methyl sites for hydroxylation is 1. The van der Waals surface area contributed by atoms with Gasteiger partial charge in [0, 0.05) is 24.5 Å². The van der Waals surface area contributed by atoms with E-state index in [4.69, 9.17) is 21.7 Å². The zero-order valence-electron chi connectivity index (χ0n) is 17.9. The topological polar surface area (TPSA) is 70.3 Å². The molecule has 0 atom stereocenters. The van der Waals surface area contributed by atoms with Crippen molar-refractivity contribution in [1.82, 2.24) is 14.1 Å². The monoisotopic (exact) mass is 438 g/mol. The minimum absolute atomic E-state index is 0.0305. The number of benzene rings is 1. The molecule has 0 amide bonds. The Morgan fingerprint density at radius 1 is 1.19 bits per heavy atom. The molecule has 0 saturated carbocycles. The molecule has 1 aromatic carbocycles. The average Bonchev–Trinajstić information content (AvgIpc) is 3.08. The van der Waals surface area contributed by atoms with Crippen LogP contribution in [-0.2, 0) is 19.5 Å². The molecule has 162 valence electrons. The van der Waals surface area contributed by atoms with Gasteiger partial charge in [0.1, 0.15) is 5.82 Å². The van der Waals surface area contributed by atoms with Gasteiger partial charge in [-0.2, -0.15) is 4.98 Å². The molecule has 31 heavy (non-hydrogen) atoms. The number of pyridine rings is 1. The molecule has 0 aliphatic carbocycles. The van der Waals surface area contributed by atoms with Gasteiger partial charge in [0.25, 0.3) is 0 Å². The lowest BCUT2D eigenvalue weighted by Gasteiger charge is -2.12. The number of allylic oxidation sites excluding steroid dienone is 1. The SMILES string of the molecule is C=CCn1cc(Nc2ccc(CC)cc2)n(CC(=O)c2ccc(OC)nc2OC)c1=S. The van der Waals surface area contributed by atoms with Crippen molar-refractivity contribution in [2.24, 2.45) is 0 Å². The Balaban J connectivity index is 1.94. The van der Waals surface area contributed by atoms with E-state index >= 15 is 0 Å². The zero-order chi connectivity index (χ0) is 22.4. The maximum Gasteiger partial charge on any atom is 0.227 e. The number of ketones is 1. The van der Waals surface area contributed by atoms with Gasteiger partial charge in [-0.3, -0.25) is 9.36 Å². The van der Waals surface area contributed by atoms with Gasteiger partial charge >= 0.3 is 0 Å². The molecular formula is C23H26N4O3S. The van der Waals surface area contributed by atoms with Crippen molar-refractivity contribution in [3.8, 4) is 11.8 Å². The quantitative estimate of drug-likeness (QED) is 0.278. The number of Topliss-reactive ketones (excluding diaryl/α,β-unsaturated/α-hetero) is 1. The minimum Gasteiger partial charge on any atom is -0.481 e. The third kappa shape index (κ3) is 5.03. The van der Waals surface area contributed by atoms with E-state index in [-0.39, 0.29) is 18.2 Å². The Kier molecular flexibility index (Phi) is 7.25. The van der Waals surface area contributed by atoms with Crippen LogP contribution in [0.3, 0.4) is 0 Å².